The van der Waals surface area contributed by atoms with Crippen LogP contribution in [0.15, 0.2) is 115 Å². The summed E-state index contributed by atoms with van der Waals surface area (Å²) in [6.45, 7) is 4.00. The highest BCUT2D eigenvalue weighted by Crippen LogP contribution is 2.57. The van der Waals surface area contributed by atoms with Crippen molar-refractivity contribution in [3.63, 3.8) is 0 Å². The molecule has 0 spiro atoms. The van der Waals surface area contributed by atoms with Crippen LogP contribution < -0.4 is 0 Å². The molecule has 5 rings (SSSR count). The predicted octanol–water partition coefficient (Wildman–Crippen LogP) is 5.73. The van der Waals surface area contributed by atoms with E-state index in [1.54, 1.807) is 0 Å². The predicted molar refractivity (Wildman–Crippen MR) is 132 cm³/mol. The van der Waals surface area contributed by atoms with Gasteiger partial charge in [0.1, 0.15) is 0 Å². The number of ether oxygens (including phenoxy) is 1. The molecule has 1 aliphatic carbocycles. The molecule has 0 N–H and O–H groups in total. The topological polar surface area (TPSA) is 29.3 Å². The Labute approximate surface area is 196 Å². The fourth-order valence-electron chi connectivity index (χ4n) is 5.80. The molecular weight excluding hydrogens is 406 g/mol. The van der Waals surface area contributed by atoms with Gasteiger partial charge in [-0.3, -0.25) is 4.90 Å². The molecule has 3 aromatic carbocycles. The molecule has 4 atom stereocenters. The van der Waals surface area contributed by atoms with Crippen molar-refractivity contribution in [3.8, 4) is 0 Å². The van der Waals surface area contributed by atoms with Crippen LogP contribution in [0.1, 0.15) is 29.5 Å². The standard InChI is InChI=1S/C30H29NO2/c1-3-13-22-20-23(29(32)33-2)21-27-28(22)31(27)30(24-14-7-4-8-15-24,25-16-9-5-10-17-25)26-18-11-6-12-19-26/h3-12,14-20,22,27-28H,1,13,21H2,2H3/t22-,27-,28+,31?/m0/s1. The van der Waals surface area contributed by atoms with Crippen molar-refractivity contribution in [1.82, 2.24) is 4.90 Å². The summed E-state index contributed by atoms with van der Waals surface area (Å²) in [6, 6.07) is 32.8. The quantitative estimate of drug-likeness (QED) is 0.206. The van der Waals surface area contributed by atoms with E-state index in [0.29, 0.717) is 12.5 Å². The normalized spacial score (nSPS) is 23.7. The van der Waals surface area contributed by atoms with E-state index in [4.69, 9.17) is 4.74 Å². The van der Waals surface area contributed by atoms with Crippen molar-refractivity contribution in [3.05, 3.63) is 132 Å². The van der Waals surface area contributed by atoms with Crippen LogP contribution in [0.3, 0.4) is 0 Å². The zero-order valence-electron chi connectivity index (χ0n) is 18.9. The molecule has 3 nitrogen and oxygen atoms in total. The van der Waals surface area contributed by atoms with Crippen molar-refractivity contribution < 1.29 is 9.53 Å². The van der Waals surface area contributed by atoms with Gasteiger partial charge in [-0.2, -0.15) is 0 Å². The van der Waals surface area contributed by atoms with Gasteiger partial charge in [0.2, 0.25) is 0 Å². The minimum Gasteiger partial charge on any atom is -0.466 e. The number of carbonyl (C=O) groups excluding carboxylic acids is 1. The van der Waals surface area contributed by atoms with Gasteiger partial charge >= 0.3 is 5.97 Å². The molecular formula is C30H29NO2. The lowest BCUT2D eigenvalue weighted by atomic mass is 9.76. The lowest BCUT2D eigenvalue weighted by Gasteiger charge is -2.39. The van der Waals surface area contributed by atoms with Gasteiger partial charge in [-0.15, -0.1) is 6.58 Å². The van der Waals surface area contributed by atoms with Gasteiger partial charge in [0.25, 0.3) is 0 Å². The van der Waals surface area contributed by atoms with E-state index < -0.39 is 5.54 Å². The van der Waals surface area contributed by atoms with Gasteiger partial charge < -0.3 is 4.74 Å². The minimum absolute atomic E-state index is 0.214. The lowest BCUT2D eigenvalue weighted by molar-refractivity contribution is -0.136. The van der Waals surface area contributed by atoms with Gasteiger partial charge in [0.05, 0.1) is 12.6 Å². The van der Waals surface area contributed by atoms with E-state index in [1.165, 1.54) is 23.8 Å². The van der Waals surface area contributed by atoms with E-state index >= 15 is 0 Å². The Morgan fingerprint density at radius 2 is 1.42 bits per heavy atom. The summed E-state index contributed by atoms with van der Waals surface area (Å²) < 4.78 is 5.11. The highest BCUT2D eigenvalue weighted by atomic mass is 16.5. The van der Waals surface area contributed by atoms with Crippen LogP contribution in [0, 0.1) is 5.92 Å². The first-order chi connectivity index (χ1) is 16.2. The smallest absolute Gasteiger partial charge is 0.333 e. The number of hydrogen-bond donors (Lipinski definition) is 0. The van der Waals surface area contributed by atoms with E-state index in [0.717, 1.165) is 12.0 Å². The van der Waals surface area contributed by atoms with Crippen LogP contribution in [0.4, 0.5) is 0 Å². The second-order valence-electron chi connectivity index (χ2n) is 8.85. The Balaban J connectivity index is 1.72. The third-order valence-electron chi connectivity index (χ3n) is 7.11. The Kier molecular flexibility index (Phi) is 5.74. The highest BCUT2D eigenvalue weighted by molar-refractivity contribution is 5.89. The number of nitrogens with zero attached hydrogens (tertiary/aromatic N) is 1. The van der Waals surface area contributed by atoms with Gasteiger partial charge in [-0.1, -0.05) is 103 Å². The average Bonchev–Trinajstić information content (AvgIpc) is 3.61. The van der Waals surface area contributed by atoms with E-state index in [9.17, 15) is 4.79 Å². The van der Waals surface area contributed by atoms with Gasteiger partial charge in [-0.05, 0) is 35.4 Å². The number of esters is 1. The number of rotatable bonds is 7. The molecule has 1 unspecified atom stereocenters. The van der Waals surface area contributed by atoms with E-state index in [1.807, 2.05) is 6.08 Å². The Morgan fingerprint density at radius 1 is 0.939 bits per heavy atom. The number of benzene rings is 3. The van der Waals surface area contributed by atoms with Crippen LogP contribution in [0.5, 0.6) is 0 Å². The molecule has 1 heterocycles. The second-order valence-corrected chi connectivity index (χ2v) is 8.85. The zero-order valence-corrected chi connectivity index (χ0v) is 18.9. The first-order valence-corrected chi connectivity index (χ1v) is 11.6. The molecule has 3 aromatic rings. The van der Waals surface area contributed by atoms with Crippen molar-refractivity contribution in [2.75, 3.05) is 7.11 Å². The van der Waals surface area contributed by atoms with Crippen LogP contribution in [-0.4, -0.2) is 30.1 Å². The molecule has 1 fully saturated rings. The Hall–Kier alpha value is -3.43. The molecule has 1 saturated heterocycles. The number of fused-ring (bicyclic) bond motifs is 1. The summed E-state index contributed by atoms with van der Waals surface area (Å²) >= 11 is 0. The molecule has 3 heteroatoms. The number of hydrogen-bond acceptors (Lipinski definition) is 3. The summed E-state index contributed by atoms with van der Waals surface area (Å²) in [5.74, 6) is -0.00930. The van der Waals surface area contributed by atoms with Crippen molar-refractivity contribution in [2.45, 2.75) is 30.5 Å². The van der Waals surface area contributed by atoms with Crippen LogP contribution in [-0.2, 0) is 15.1 Å². The van der Waals surface area contributed by atoms with Crippen LogP contribution in [0.2, 0.25) is 0 Å². The maximum atomic E-state index is 12.5. The van der Waals surface area contributed by atoms with Crippen molar-refractivity contribution in [2.24, 2.45) is 5.92 Å². The van der Waals surface area contributed by atoms with Gasteiger partial charge in [0.15, 0.2) is 0 Å². The molecule has 33 heavy (non-hydrogen) atoms. The van der Waals surface area contributed by atoms with E-state index in [2.05, 4.69) is 109 Å². The number of allylic oxidation sites excluding steroid dienone is 1. The molecule has 2 aliphatic rings. The highest BCUT2D eigenvalue weighted by Gasteiger charge is 2.63. The molecule has 0 saturated carbocycles. The maximum Gasteiger partial charge on any atom is 0.333 e. The van der Waals surface area contributed by atoms with Gasteiger partial charge in [-0.25, -0.2) is 4.79 Å². The minimum atomic E-state index is -0.460. The van der Waals surface area contributed by atoms with Crippen molar-refractivity contribution in [1.29, 1.82) is 0 Å². The summed E-state index contributed by atoms with van der Waals surface area (Å²) in [5, 5.41) is 0. The first-order valence-electron chi connectivity index (χ1n) is 11.6. The van der Waals surface area contributed by atoms with Gasteiger partial charge in [0, 0.05) is 17.7 Å². The third-order valence-corrected chi connectivity index (χ3v) is 7.11. The Morgan fingerprint density at radius 3 is 1.85 bits per heavy atom. The summed E-state index contributed by atoms with van der Waals surface area (Å²) in [7, 11) is 1.46. The second kappa shape index (κ2) is 8.84. The Bertz CT molecular complexity index is 1060. The molecule has 0 radical (unpaired) electrons. The largest absolute Gasteiger partial charge is 0.466 e. The fraction of sp³-hybridized carbons (Fsp3) is 0.233. The maximum absolute atomic E-state index is 12.5. The molecule has 0 aromatic heterocycles. The SMILES string of the molecule is C=CC[C@H]1C=C(C(=O)OC)C[C@H]2[C@@H]1N2C(c1ccccc1)(c1ccccc1)c1ccccc1. The fourth-order valence-corrected chi connectivity index (χ4v) is 5.80. The third kappa shape index (κ3) is 3.53. The summed E-state index contributed by atoms with van der Waals surface area (Å²) in [4.78, 5) is 15.1. The molecule has 166 valence electrons. The van der Waals surface area contributed by atoms with Crippen LogP contribution in [0.25, 0.3) is 0 Å². The average molecular weight is 436 g/mol. The summed E-state index contributed by atoms with van der Waals surface area (Å²) in [6.07, 6.45) is 5.61. The zero-order chi connectivity index (χ0) is 22.8. The van der Waals surface area contributed by atoms with Crippen LogP contribution >= 0.6 is 0 Å². The number of carbonyl (C=O) groups is 1. The molecule has 0 amide bonds. The molecule has 0 bridgehead atoms. The molecule has 1 aliphatic heterocycles. The first kappa shape index (κ1) is 21.4. The summed E-state index contributed by atoms with van der Waals surface area (Å²) in [5.41, 5.74) is 4.00. The number of methoxy groups -OCH3 is 1. The van der Waals surface area contributed by atoms with Crippen molar-refractivity contribution >= 4 is 5.97 Å². The monoisotopic (exact) mass is 435 g/mol. The van der Waals surface area contributed by atoms with E-state index in [-0.39, 0.29) is 17.9 Å². The lowest BCUT2D eigenvalue weighted by Crippen LogP contribution is -2.40.